The van der Waals surface area contributed by atoms with E-state index < -0.39 is 0 Å². The Kier molecular flexibility index (Phi) is 4.55. The molecule has 4 heteroatoms. The van der Waals surface area contributed by atoms with Crippen molar-refractivity contribution >= 4 is 15.9 Å². The van der Waals surface area contributed by atoms with Crippen LogP contribution >= 0.6 is 15.9 Å². The molecule has 0 saturated heterocycles. The number of hydrogen-bond acceptors (Lipinski definition) is 2. The third-order valence-corrected chi connectivity index (χ3v) is 3.81. The van der Waals surface area contributed by atoms with Crippen LogP contribution in [-0.2, 0) is 13.1 Å². The number of benzene rings is 1. The summed E-state index contributed by atoms with van der Waals surface area (Å²) < 4.78 is 3.25. The molecule has 1 heterocycles. The zero-order valence-corrected chi connectivity index (χ0v) is 12.3. The van der Waals surface area contributed by atoms with Crippen LogP contribution in [0.1, 0.15) is 18.1 Å². The maximum atomic E-state index is 4.04. The van der Waals surface area contributed by atoms with E-state index in [1.165, 1.54) is 11.1 Å². The molecule has 1 aromatic heterocycles. The molecule has 96 valence electrons. The number of imidazole rings is 1. The third kappa shape index (κ3) is 3.68. The van der Waals surface area contributed by atoms with Gasteiger partial charge in [-0.15, -0.1) is 0 Å². The average Bonchev–Trinajstić information content (AvgIpc) is 2.83. The highest BCUT2D eigenvalue weighted by atomic mass is 79.9. The van der Waals surface area contributed by atoms with Crippen LogP contribution < -0.4 is 5.32 Å². The molecule has 0 spiro atoms. The second-order valence-electron chi connectivity index (χ2n) is 4.62. The summed E-state index contributed by atoms with van der Waals surface area (Å²) >= 11 is 3.52. The van der Waals surface area contributed by atoms with E-state index in [1.54, 1.807) is 0 Å². The lowest BCUT2D eigenvalue weighted by Crippen LogP contribution is -2.29. The fraction of sp³-hybridized carbons (Fsp3) is 0.357. The van der Waals surface area contributed by atoms with Crippen LogP contribution in [0, 0.1) is 6.92 Å². The fourth-order valence-electron chi connectivity index (χ4n) is 1.88. The molecule has 0 saturated carbocycles. The van der Waals surface area contributed by atoms with E-state index in [2.05, 4.69) is 62.8 Å². The Morgan fingerprint density at radius 2 is 2.28 bits per heavy atom. The molecule has 1 aromatic carbocycles. The average molecular weight is 308 g/mol. The molecule has 1 unspecified atom stereocenters. The van der Waals surface area contributed by atoms with Crippen molar-refractivity contribution in [2.45, 2.75) is 33.0 Å². The van der Waals surface area contributed by atoms with Crippen molar-refractivity contribution < 1.29 is 0 Å². The van der Waals surface area contributed by atoms with Gasteiger partial charge in [0.05, 0.1) is 6.33 Å². The van der Waals surface area contributed by atoms with Crippen LogP contribution in [0.5, 0.6) is 0 Å². The van der Waals surface area contributed by atoms with Gasteiger partial charge in [-0.05, 0) is 31.0 Å². The number of halogens is 1. The van der Waals surface area contributed by atoms with E-state index in [0.29, 0.717) is 6.04 Å². The molecule has 2 aromatic rings. The summed E-state index contributed by atoms with van der Waals surface area (Å²) in [5.41, 5.74) is 2.59. The minimum atomic E-state index is 0.420. The van der Waals surface area contributed by atoms with Crippen molar-refractivity contribution in [3.63, 3.8) is 0 Å². The predicted molar refractivity (Wildman–Crippen MR) is 77.4 cm³/mol. The number of aromatic nitrogens is 2. The van der Waals surface area contributed by atoms with Gasteiger partial charge in [-0.3, -0.25) is 0 Å². The molecule has 0 radical (unpaired) electrons. The van der Waals surface area contributed by atoms with E-state index in [1.807, 2.05) is 18.7 Å². The van der Waals surface area contributed by atoms with Crippen LogP contribution in [0.4, 0.5) is 0 Å². The first-order chi connectivity index (χ1) is 8.65. The first-order valence-electron chi connectivity index (χ1n) is 6.09. The molecule has 3 nitrogen and oxygen atoms in total. The summed E-state index contributed by atoms with van der Waals surface area (Å²) in [7, 11) is 0. The molecule has 0 fully saturated rings. The van der Waals surface area contributed by atoms with Crippen LogP contribution in [0.3, 0.4) is 0 Å². The first kappa shape index (κ1) is 13.3. The van der Waals surface area contributed by atoms with Crippen LogP contribution in [0.25, 0.3) is 0 Å². The van der Waals surface area contributed by atoms with Gasteiger partial charge in [0, 0.05) is 36.0 Å². The molecular formula is C14H18BrN3. The largest absolute Gasteiger partial charge is 0.336 e. The Balaban J connectivity index is 1.85. The zero-order valence-electron chi connectivity index (χ0n) is 10.7. The summed E-state index contributed by atoms with van der Waals surface area (Å²) in [6, 6.07) is 6.88. The van der Waals surface area contributed by atoms with Gasteiger partial charge in [-0.1, -0.05) is 28.1 Å². The molecule has 1 N–H and O–H groups in total. The second-order valence-corrected chi connectivity index (χ2v) is 5.48. The van der Waals surface area contributed by atoms with Gasteiger partial charge >= 0.3 is 0 Å². The highest BCUT2D eigenvalue weighted by Crippen LogP contribution is 2.17. The summed E-state index contributed by atoms with van der Waals surface area (Å²) in [6.07, 6.45) is 5.65. The van der Waals surface area contributed by atoms with Crippen LogP contribution in [-0.4, -0.2) is 15.6 Å². The molecule has 0 aliphatic heterocycles. The van der Waals surface area contributed by atoms with Gasteiger partial charge in [0.25, 0.3) is 0 Å². The topological polar surface area (TPSA) is 29.9 Å². The third-order valence-electron chi connectivity index (χ3n) is 2.92. The summed E-state index contributed by atoms with van der Waals surface area (Å²) in [6.45, 7) is 6.13. The number of nitrogens with zero attached hydrogens (tertiary/aromatic N) is 2. The quantitative estimate of drug-likeness (QED) is 0.919. The summed E-state index contributed by atoms with van der Waals surface area (Å²) in [5.74, 6) is 0. The minimum absolute atomic E-state index is 0.420. The Hall–Kier alpha value is -1.13. The van der Waals surface area contributed by atoms with Crippen LogP contribution in [0.15, 0.2) is 41.4 Å². The van der Waals surface area contributed by atoms with Crippen molar-refractivity contribution in [2.75, 3.05) is 0 Å². The minimum Gasteiger partial charge on any atom is -0.336 e. The lowest BCUT2D eigenvalue weighted by atomic mass is 10.1. The van der Waals surface area contributed by atoms with E-state index in [9.17, 15) is 0 Å². The van der Waals surface area contributed by atoms with E-state index in [4.69, 9.17) is 0 Å². The Morgan fingerprint density at radius 3 is 2.94 bits per heavy atom. The van der Waals surface area contributed by atoms with E-state index >= 15 is 0 Å². The molecule has 0 aliphatic carbocycles. The normalized spacial score (nSPS) is 12.6. The van der Waals surface area contributed by atoms with Crippen molar-refractivity contribution in [1.29, 1.82) is 0 Å². The summed E-state index contributed by atoms with van der Waals surface area (Å²) in [5, 5.41) is 3.52. The second kappa shape index (κ2) is 6.16. The molecule has 0 amide bonds. The van der Waals surface area contributed by atoms with Crippen molar-refractivity contribution in [1.82, 2.24) is 14.9 Å². The molecular weight excluding hydrogens is 290 g/mol. The van der Waals surface area contributed by atoms with Gasteiger partial charge < -0.3 is 9.88 Å². The highest BCUT2D eigenvalue weighted by Gasteiger charge is 2.03. The Morgan fingerprint density at radius 1 is 1.44 bits per heavy atom. The molecule has 2 rings (SSSR count). The monoisotopic (exact) mass is 307 g/mol. The maximum Gasteiger partial charge on any atom is 0.0946 e. The molecule has 18 heavy (non-hydrogen) atoms. The molecule has 1 atom stereocenters. The lowest BCUT2D eigenvalue weighted by Gasteiger charge is -2.14. The standard InChI is InChI=1S/C14H18BrN3/c1-11-7-13(3-4-14(11)15)8-17-12(2)9-18-6-5-16-10-18/h3-7,10,12,17H,8-9H2,1-2H3. The predicted octanol–water partition coefficient (Wildman–Crippen LogP) is 3.13. The van der Waals surface area contributed by atoms with Crippen molar-refractivity contribution in [3.8, 4) is 0 Å². The van der Waals surface area contributed by atoms with Crippen LogP contribution in [0.2, 0.25) is 0 Å². The smallest absolute Gasteiger partial charge is 0.0946 e. The number of rotatable bonds is 5. The number of aryl methyl sites for hydroxylation is 1. The zero-order chi connectivity index (χ0) is 13.0. The highest BCUT2D eigenvalue weighted by molar-refractivity contribution is 9.10. The molecule has 0 aliphatic rings. The Labute approximate surface area is 116 Å². The van der Waals surface area contributed by atoms with Gasteiger partial charge in [-0.2, -0.15) is 0 Å². The Bertz CT molecular complexity index is 494. The SMILES string of the molecule is Cc1cc(CNC(C)Cn2ccnc2)ccc1Br. The van der Waals surface area contributed by atoms with E-state index in [0.717, 1.165) is 17.6 Å². The first-order valence-corrected chi connectivity index (χ1v) is 6.88. The number of nitrogens with one attached hydrogen (secondary N) is 1. The summed E-state index contributed by atoms with van der Waals surface area (Å²) in [4.78, 5) is 4.04. The van der Waals surface area contributed by atoms with Gasteiger partial charge in [-0.25, -0.2) is 4.98 Å². The number of hydrogen-bond donors (Lipinski definition) is 1. The van der Waals surface area contributed by atoms with Gasteiger partial charge in [0.15, 0.2) is 0 Å². The molecule has 0 bridgehead atoms. The fourth-order valence-corrected chi connectivity index (χ4v) is 2.13. The van der Waals surface area contributed by atoms with E-state index in [-0.39, 0.29) is 0 Å². The van der Waals surface area contributed by atoms with Crippen molar-refractivity contribution in [2.24, 2.45) is 0 Å². The van der Waals surface area contributed by atoms with Gasteiger partial charge in [0.2, 0.25) is 0 Å². The van der Waals surface area contributed by atoms with Crippen molar-refractivity contribution in [3.05, 3.63) is 52.5 Å². The van der Waals surface area contributed by atoms with Gasteiger partial charge in [0.1, 0.15) is 0 Å². The lowest BCUT2D eigenvalue weighted by molar-refractivity contribution is 0.476. The maximum absolute atomic E-state index is 4.04.